The number of rotatable bonds is 1. The lowest BCUT2D eigenvalue weighted by Gasteiger charge is -2.36. The van der Waals surface area contributed by atoms with Crippen molar-refractivity contribution in [3.63, 3.8) is 0 Å². The zero-order valence-electron chi connectivity index (χ0n) is 15.8. The standard InChI is InChI=1S/C21H22F3N3O/c1-13-6-7-18-16(10-13)17-12-26(2)9-8-19(17)27(18)20(28)25-15-5-3-4-14(11-15)21(22,23)24/h3-7,10-11,17,19H,8-9,12H2,1-2H3,(H,25,28)/t17-,19+/m0/s1. The Labute approximate surface area is 161 Å². The highest BCUT2D eigenvalue weighted by Gasteiger charge is 2.44. The average Bonchev–Trinajstić information content (AvgIpc) is 2.94. The van der Waals surface area contributed by atoms with Crippen LogP contribution in [0.5, 0.6) is 0 Å². The Bertz CT molecular complexity index is 912. The van der Waals surface area contributed by atoms with E-state index in [4.69, 9.17) is 0 Å². The van der Waals surface area contributed by atoms with Crippen molar-refractivity contribution in [1.29, 1.82) is 0 Å². The summed E-state index contributed by atoms with van der Waals surface area (Å²) in [6.45, 7) is 3.75. The summed E-state index contributed by atoms with van der Waals surface area (Å²) in [5.41, 5.74) is 2.48. The number of aryl methyl sites for hydroxylation is 1. The number of urea groups is 1. The van der Waals surface area contributed by atoms with Crippen LogP contribution in [0.4, 0.5) is 29.3 Å². The van der Waals surface area contributed by atoms with Gasteiger partial charge in [-0.2, -0.15) is 13.2 Å². The van der Waals surface area contributed by atoms with E-state index in [0.717, 1.165) is 48.5 Å². The van der Waals surface area contributed by atoms with Crippen LogP contribution in [0.1, 0.15) is 29.0 Å². The Hall–Kier alpha value is -2.54. The van der Waals surface area contributed by atoms with Gasteiger partial charge in [0.15, 0.2) is 0 Å². The van der Waals surface area contributed by atoms with Crippen LogP contribution in [-0.2, 0) is 6.18 Å². The molecule has 28 heavy (non-hydrogen) atoms. The molecule has 0 aromatic heterocycles. The number of likely N-dealkylation sites (N-methyl/N-ethyl adjacent to an activating group) is 1. The van der Waals surface area contributed by atoms with Crippen molar-refractivity contribution in [2.75, 3.05) is 30.4 Å². The van der Waals surface area contributed by atoms with Crippen LogP contribution < -0.4 is 10.2 Å². The van der Waals surface area contributed by atoms with Gasteiger partial charge < -0.3 is 10.2 Å². The third-order valence-corrected chi connectivity index (χ3v) is 5.61. The Kier molecular flexibility index (Phi) is 4.57. The van der Waals surface area contributed by atoms with Crippen LogP contribution in [0.3, 0.4) is 0 Å². The number of likely N-dealkylation sites (tertiary alicyclic amines) is 1. The van der Waals surface area contributed by atoms with Gasteiger partial charge in [-0.25, -0.2) is 4.79 Å². The molecule has 2 aliphatic heterocycles. The summed E-state index contributed by atoms with van der Waals surface area (Å²) < 4.78 is 38.9. The molecule has 1 saturated heterocycles. The van der Waals surface area contributed by atoms with E-state index in [1.165, 1.54) is 12.1 Å². The van der Waals surface area contributed by atoms with Crippen LogP contribution in [0.2, 0.25) is 0 Å². The Morgan fingerprint density at radius 2 is 1.96 bits per heavy atom. The highest BCUT2D eigenvalue weighted by Crippen LogP contribution is 2.45. The molecule has 148 valence electrons. The molecule has 1 fully saturated rings. The van der Waals surface area contributed by atoms with Gasteiger partial charge in [-0.1, -0.05) is 23.8 Å². The first-order valence-corrected chi connectivity index (χ1v) is 9.30. The lowest BCUT2D eigenvalue weighted by Crippen LogP contribution is -2.48. The number of nitrogens with zero attached hydrogens (tertiary/aromatic N) is 2. The maximum atomic E-state index is 13.1. The number of amides is 2. The number of hydrogen-bond acceptors (Lipinski definition) is 2. The molecule has 0 bridgehead atoms. The minimum atomic E-state index is -4.45. The number of anilines is 2. The summed E-state index contributed by atoms with van der Waals surface area (Å²) in [6.07, 6.45) is -3.62. The van der Waals surface area contributed by atoms with Crippen LogP contribution in [0, 0.1) is 6.92 Å². The molecule has 2 aliphatic rings. The summed E-state index contributed by atoms with van der Waals surface area (Å²) in [7, 11) is 2.07. The van der Waals surface area contributed by atoms with Gasteiger partial charge in [0.2, 0.25) is 0 Å². The Morgan fingerprint density at radius 1 is 1.18 bits per heavy atom. The molecule has 0 radical (unpaired) electrons. The average molecular weight is 389 g/mol. The van der Waals surface area contributed by atoms with Gasteiger partial charge in [0.25, 0.3) is 0 Å². The van der Waals surface area contributed by atoms with Crippen molar-refractivity contribution in [2.45, 2.75) is 31.5 Å². The smallest absolute Gasteiger partial charge is 0.308 e. The van der Waals surface area contributed by atoms with Gasteiger partial charge in [0, 0.05) is 29.9 Å². The van der Waals surface area contributed by atoms with E-state index in [1.807, 2.05) is 19.1 Å². The summed E-state index contributed by atoms with van der Waals surface area (Å²) in [5, 5.41) is 2.67. The third kappa shape index (κ3) is 3.35. The molecule has 0 spiro atoms. The first kappa shape index (κ1) is 18.8. The summed E-state index contributed by atoms with van der Waals surface area (Å²) in [6, 6.07) is 10.4. The molecule has 0 aliphatic carbocycles. The van der Waals surface area contributed by atoms with Gasteiger partial charge in [-0.3, -0.25) is 4.90 Å². The molecule has 4 nitrogen and oxygen atoms in total. The second-order valence-electron chi connectivity index (χ2n) is 7.67. The molecule has 2 atom stereocenters. The van der Waals surface area contributed by atoms with E-state index in [9.17, 15) is 18.0 Å². The van der Waals surface area contributed by atoms with Crippen molar-refractivity contribution >= 4 is 17.4 Å². The Balaban J connectivity index is 1.64. The fraction of sp³-hybridized carbons (Fsp3) is 0.381. The Morgan fingerprint density at radius 3 is 2.71 bits per heavy atom. The fourth-order valence-electron chi connectivity index (χ4n) is 4.30. The van der Waals surface area contributed by atoms with E-state index >= 15 is 0 Å². The fourth-order valence-corrected chi connectivity index (χ4v) is 4.30. The van der Waals surface area contributed by atoms with Gasteiger partial charge >= 0.3 is 12.2 Å². The number of halogens is 3. The highest BCUT2D eigenvalue weighted by atomic mass is 19.4. The van der Waals surface area contributed by atoms with E-state index in [0.29, 0.717) is 0 Å². The van der Waals surface area contributed by atoms with Crippen molar-refractivity contribution in [1.82, 2.24) is 4.90 Å². The van der Waals surface area contributed by atoms with E-state index < -0.39 is 11.7 Å². The number of alkyl halides is 3. The van der Waals surface area contributed by atoms with Crippen molar-refractivity contribution in [2.24, 2.45) is 0 Å². The second kappa shape index (κ2) is 6.81. The predicted octanol–water partition coefficient (Wildman–Crippen LogP) is 4.85. The second-order valence-corrected chi connectivity index (χ2v) is 7.67. The van der Waals surface area contributed by atoms with Gasteiger partial charge in [0.05, 0.1) is 5.56 Å². The minimum Gasteiger partial charge on any atom is -0.308 e. The summed E-state index contributed by atoms with van der Waals surface area (Å²) >= 11 is 0. The molecule has 0 saturated carbocycles. The molecule has 2 amide bonds. The van der Waals surface area contributed by atoms with Gasteiger partial charge in [-0.05, 0) is 56.8 Å². The van der Waals surface area contributed by atoms with Crippen molar-refractivity contribution < 1.29 is 18.0 Å². The lowest BCUT2D eigenvalue weighted by molar-refractivity contribution is -0.137. The number of piperidine rings is 1. The third-order valence-electron chi connectivity index (χ3n) is 5.61. The minimum absolute atomic E-state index is 0.0128. The van der Waals surface area contributed by atoms with Crippen molar-refractivity contribution in [3.8, 4) is 0 Å². The quantitative estimate of drug-likeness (QED) is 0.757. The number of carbonyl (C=O) groups excluding carboxylic acids is 1. The normalized spacial score (nSPS) is 22.0. The molecule has 0 unspecified atom stereocenters. The molecular weight excluding hydrogens is 367 g/mol. The topological polar surface area (TPSA) is 35.6 Å². The molecule has 4 rings (SSSR count). The molecule has 2 aromatic rings. The molecule has 2 aromatic carbocycles. The van der Waals surface area contributed by atoms with Crippen molar-refractivity contribution in [3.05, 3.63) is 59.2 Å². The monoisotopic (exact) mass is 389 g/mol. The first-order valence-electron chi connectivity index (χ1n) is 9.30. The molecule has 7 heteroatoms. The number of nitrogens with one attached hydrogen (secondary N) is 1. The zero-order valence-corrected chi connectivity index (χ0v) is 15.8. The maximum absolute atomic E-state index is 13.1. The maximum Gasteiger partial charge on any atom is 0.416 e. The number of fused-ring (bicyclic) bond motifs is 3. The van der Waals surface area contributed by atoms with Crippen LogP contribution in [0.25, 0.3) is 0 Å². The molecule has 1 N–H and O–H groups in total. The van der Waals surface area contributed by atoms with E-state index in [2.05, 4.69) is 23.3 Å². The summed E-state index contributed by atoms with van der Waals surface area (Å²) in [5.74, 6) is 0.209. The predicted molar refractivity (Wildman–Crippen MR) is 103 cm³/mol. The van der Waals surface area contributed by atoms with E-state index in [1.54, 1.807) is 4.90 Å². The molecular formula is C21H22F3N3O. The number of carbonyl (C=O) groups is 1. The number of benzene rings is 2. The van der Waals surface area contributed by atoms with E-state index in [-0.39, 0.29) is 23.7 Å². The van der Waals surface area contributed by atoms with Gasteiger partial charge in [0.1, 0.15) is 0 Å². The van der Waals surface area contributed by atoms with Crippen LogP contribution in [-0.4, -0.2) is 37.1 Å². The first-order chi connectivity index (χ1) is 13.2. The van der Waals surface area contributed by atoms with Crippen LogP contribution >= 0.6 is 0 Å². The SMILES string of the molecule is Cc1ccc2c(c1)[C@@H]1CN(C)CC[C@H]1N2C(=O)Nc1cccc(C(F)(F)F)c1. The van der Waals surface area contributed by atoms with Gasteiger partial charge in [-0.15, -0.1) is 0 Å². The summed E-state index contributed by atoms with van der Waals surface area (Å²) in [4.78, 5) is 17.1. The van der Waals surface area contributed by atoms with Crippen LogP contribution in [0.15, 0.2) is 42.5 Å². The zero-order chi connectivity index (χ0) is 20.1. The highest BCUT2D eigenvalue weighted by molar-refractivity contribution is 6.04. The largest absolute Gasteiger partial charge is 0.416 e. The number of hydrogen-bond donors (Lipinski definition) is 1. The molecule has 2 heterocycles. The lowest BCUT2D eigenvalue weighted by atomic mass is 9.89.